The minimum atomic E-state index is -3.79. The summed E-state index contributed by atoms with van der Waals surface area (Å²) >= 11 is 7.79. The average molecular weight is 496 g/mol. The average Bonchev–Trinajstić information content (AvgIpc) is 3.32. The molecule has 32 heavy (non-hydrogen) atoms. The highest BCUT2D eigenvalue weighted by Crippen LogP contribution is 2.26. The quantitative estimate of drug-likeness (QED) is 0.497. The summed E-state index contributed by atoms with van der Waals surface area (Å²) in [6, 6.07) is 15.0. The first kappa shape index (κ1) is 25.1. The van der Waals surface area contributed by atoms with Crippen LogP contribution in [0.3, 0.4) is 0 Å². The molecule has 6 nitrogen and oxygen atoms in total. The second-order valence-electron chi connectivity index (χ2n) is 7.83. The van der Waals surface area contributed by atoms with Crippen molar-refractivity contribution in [3.63, 3.8) is 0 Å². The number of halogens is 1. The van der Waals surface area contributed by atoms with Gasteiger partial charge in [0.15, 0.2) is 0 Å². The SMILES string of the molecule is CSCCC(NS(=O)(=O)c1ccccc1)C(=O)NCC(c1cccc(Cl)c1)N1CCCC1. The van der Waals surface area contributed by atoms with Gasteiger partial charge < -0.3 is 5.32 Å². The van der Waals surface area contributed by atoms with Gasteiger partial charge in [-0.3, -0.25) is 9.69 Å². The van der Waals surface area contributed by atoms with Crippen molar-refractivity contribution >= 4 is 39.3 Å². The number of carbonyl (C=O) groups is 1. The van der Waals surface area contributed by atoms with Crippen LogP contribution in [0.4, 0.5) is 0 Å². The fraction of sp³-hybridized carbons (Fsp3) is 0.435. The number of rotatable bonds is 11. The highest BCUT2D eigenvalue weighted by Gasteiger charge is 2.28. The molecular formula is C23H30ClN3O3S2. The first-order chi connectivity index (χ1) is 15.4. The third-order valence-corrected chi connectivity index (χ3v) is 7.93. The van der Waals surface area contributed by atoms with E-state index in [1.807, 2.05) is 30.5 Å². The molecule has 0 bridgehead atoms. The minimum Gasteiger partial charge on any atom is -0.353 e. The van der Waals surface area contributed by atoms with Crippen molar-refractivity contribution in [2.75, 3.05) is 31.6 Å². The van der Waals surface area contributed by atoms with E-state index in [1.165, 1.54) is 12.1 Å². The van der Waals surface area contributed by atoms with Gasteiger partial charge in [0.05, 0.1) is 10.9 Å². The van der Waals surface area contributed by atoms with Gasteiger partial charge in [-0.25, -0.2) is 8.42 Å². The number of likely N-dealkylation sites (tertiary alicyclic amines) is 1. The van der Waals surface area contributed by atoms with Gasteiger partial charge in [0.25, 0.3) is 0 Å². The predicted molar refractivity (Wildman–Crippen MR) is 132 cm³/mol. The van der Waals surface area contributed by atoms with Crippen molar-refractivity contribution < 1.29 is 13.2 Å². The molecule has 1 aliphatic heterocycles. The van der Waals surface area contributed by atoms with Crippen molar-refractivity contribution in [2.45, 2.75) is 36.2 Å². The molecule has 0 aliphatic carbocycles. The Morgan fingerprint density at radius 1 is 1.12 bits per heavy atom. The lowest BCUT2D eigenvalue weighted by Crippen LogP contribution is -2.48. The predicted octanol–water partition coefficient (Wildman–Crippen LogP) is 3.69. The zero-order valence-electron chi connectivity index (χ0n) is 18.2. The molecule has 2 aromatic rings. The van der Waals surface area contributed by atoms with E-state index in [9.17, 15) is 13.2 Å². The second-order valence-corrected chi connectivity index (χ2v) is 11.0. The minimum absolute atomic E-state index is 0.00733. The van der Waals surface area contributed by atoms with E-state index in [0.717, 1.165) is 31.5 Å². The van der Waals surface area contributed by atoms with Gasteiger partial charge in [0.1, 0.15) is 6.04 Å². The number of benzene rings is 2. The van der Waals surface area contributed by atoms with Gasteiger partial charge in [-0.1, -0.05) is 41.9 Å². The molecule has 2 aromatic carbocycles. The summed E-state index contributed by atoms with van der Waals surface area (Å²) in [5.74, 6) is 0.351. The van der Waals surface area contributed by atoms with Crippen molar-refractivity contribution in [1.29, 1.82) is 0 Å². The van der Waals surface area contributed by atoms with Crippen LogP contribution < -0.4 is 10.0 Å². The number of hydrogen-bond acceptors (Lipinski definition) is 5. The Hall–Kier alpha value is -1.58. The van der Waals surface area contributed by atoms with Crippen LogP contribution >= 0.6 is 23.4 Å². The summed E-state index contributed by atoms with van der Waals surface area (Å²) in [5.41, 5.74) is 1.05. The largest absolute Gasteiger partial charge is 0.353 e. The van der Waals surface area contributed by atoms with Crippen LogP contribution in [-0.2, 0) is 14.8 Å². The maximum Gasteiger partial charge on any atom is 0.241 e. The number of sulfonamides is 1. The van der Waals surface area contributed by atoms with Crippen LogP contribution in [0.25, 0.3) is 0 Å². The number of carbonyl (C=O) groups excluding carboxylic acids is 1. The first-order valence-electron chi connectivity index (χ1n) is 10.7. The monoisotopic (exact) mass is 495 g/mol. The van der Waals surface area contributed by atoms with Crippen molar-refractivity contribution in [3.05, 3.63) is 65.2 Å². The number of thioether (sulfide) groups is 1. The number of nitrogens with zero attached hydrogens (tertiary/aromatic N) is 1. The van der Waals surface area contributed by atoms with Gasteiger partial charge in [0.2, 0.25) is 15.9 Å². The van der Waals surface area contributed by atoms with Gasteiger partial charge in [-0.2, -0.15) is 16.5 Å². The number of hydrogen-bond donors (Lipinski definition) is 2. The summed E-state index contributed by atoms with van der Waals surface area (Å²) in [4.78, 5) is 15.6. The lowest BCUT2D eigenvalue weighted by atomic mass is 10.1. The molecular weight excluding hydrogens is 466 g/mol. The summed E-state index contributed by atoms with van der Waals surface area (Å²) in [7, 11) is -3.79. The molecule has 3 rings (SSSR count). The molecule has 1 fully saturated rings. The Morgan fingerprint density at radius 3 is 2.50 bits per heavy atom. The third-order valence-electron chi connectivity index (χ3n) is 5.56. The Balaban J connectivity index is 1.72. The molecule has 1 amide bonds. The van der Waals surface area contributed by atoms with Crippen LogP contribution in [0.15, 0.2) is 59.5 Å². The van der Waals surface area contributed by atoms with E-state index in [1.54, 1.807) is 30.0 Å². The van der Waals surface area contributed by atoms with Crippen LogP contribution in [-0.4, -0.2) is 56.9 Å². The maximum absolute atomic E-state index is 13.1. The van der Waals surface area contributed by atoms with Gasteiger partial charge in [-0.15, -0.1) is 0 Å². The molecule has 1 saturated heterocycles. The van der Waals surface area contributed by atoms with E-state index in [4.69, 9.17) is 11.6 Å². The lowest BCUT2D eigenvalue weighted by molar-refractivity contribution is -0.123. The highest BCUT2D eigenvalue weighted by molar-refractivity contribution is 7.98. The van der Waals surface area contributed by atoms with E-state index < -0.39 is 16.1 Å². The van der Waals surface area contributed by atoms with E-state index in [-0.39, 0.29) is 16.8 Å². The van der Waals surface area contributed by atoms with Crippen molar-refractivity contribution in [2.24, 2.45) is 0 Å². The molecule has 1 heterocycles. The molecule has 9 heteroatoms. The van der Waals surface area contributed by atoms with Gasteiger partial charge in [0, 0.05) is 11.6 Å². The molecule has 0 saturated carbocycles. The highest BCUT2D eigenvalue weighted by atomic mass is 35.5. The molecule has 2 unspecified atom stereocenters. The maximum atomic E-state index is 13.1. The second kappa shape index (κ2) is 12.0. The number of amides is 1. The molecule has 2 N–H and O–H groups in total. The lowest BCUT2D eigenvalue weighted by Gasteiger charge is -2.29. The third kappa shape index (κ3) is 6.96. The van der Waals surface area contributed by atoms with Crippen LogP contribution in [0, 0.1) is 0 Å². The van der Waals surface area contributed by atoms with Gasteiger partial charge in [-0.05, 0) is 74.2 Å². The molecule has 2 atom stereocenters. The topological polar surface area (TPSA) is 78.5 Å². The molecule has 0 spiro atoms. The normalized spacial score (nSPS) is 16.6. The Kier molecular flexibility index (Phi) is 9.43. The fourth-order valence-corrected chi connectivity index (χ4v) is 5.80. The molecule has 174 valence electrons. The Labute approximate surface area is 200 Å². The van der Waals surface area contributed by atoms with E-state index in [2.05, 4.69) is 14.9 Å². The summed E-state index contributed by atoms with van der Waals surface area (Å²) in [6.07, 6.45) is 4.59. The fourth-order valence-electron chi connectivity index (χ4n) is 3.88. The van der Waals surface area contributed by atoms with Crippen LogP contribution in [0.2, 0.25) is 5.02 Å². The van der Waals surface area contributed by atoms with Crippen molar-refractivity contribution in [3.8, 4) is 0 Å². The van der Waals surface area contributed by atoms with E-state index >= 15 is 0 Å². The van der Waals surface area contributed by atoms with Crippen molar-refractivity contribution in [1.82, 2.24) is 14.9 Å². The van der Waals surface area contributed by atoms with Crippen LogP contribution in [0.1, 0.15) is 30.9 Å². The summed E-state index contributed by atoms with van der Waals surface area (Å²) in [5, 5.41) is 3.66. The van der Waals surface area contributed by atoms with E-state index in [0.29, 0.717) is 23.7 Å². The first-order valence-corrected chi connectivity index (χ1v) is 14.0. The Bertz CT molecular complexity index is 983. The van der Waals surface area contributed by atoms with Gasteiger partial charge >= 0.3 is 0 Å². The Morgan fingerprint density at radius 2 is 1.84 bits per heavy atom. The molecule has 0 aromatic heterocycles. The summed E-state index contributed by atoms with van der Waals surface area (Å²) < 4.78 is 28.2. The standard InChI is InChI=1S/C23H30ClN3O3S2/c1-31-15-12-21(26-32(29,30)20-10-3-2-4-11-20)23(28)25-17-22(27-13-5-6-14-27)18-8-7-9-19(24)16-18/h2-4,7-11,16,21-22,26H,5-6,12-15,17H2,1H3,(H,25,28). The zero-order chi connectivity index (χ0) is 23.0. The number of nitrogens with one attached hydrogen (secondary N) is 2. The van der Waals surface area contributed by atoms with Crippen LogP contribution in [0.5, 0.6) is 0 Å². The summed E-state index contributed by atoms with van der Waals surface area (Å²) in [6.45, 7) is 2.31. The zero-order valence-corrected chi connectivity index (χ0v) is 20.6. The molecule has 1 aliphatic rings. The molecule has 0 radical (unpaired) electrons. The smallest absolute Gasteiger partial charge is 0.241 e.